The normalized spacial score (nSPS) is 18.2. The highest BCUT2D eigenvalue weighted by atomic mass is 35.5. The minimum Gasteiger partial charge on any atom is -0.356 e. The van der Waals surface area contributed by atoms with Gasteiger partial charge in [-0.2, -0.15) is 0 Å². The molecule has 3 rings (SSSR count). The topological polar surface area (TPSA) is 58.2 Å². The quantitative estimate of drug-likeness (QED) is 0.743. The third kappa shape index (κ3) is 5.10. The highest BCUT2D eigenvalue weighted by molar-refractivity contribution is 6.30. The van der Waals surface area contributed by atoms with E-state index in [0.29, 0.717) is 23.9 Å². The van der Waals surface area contributed by atoms with E-state index in [-0.39, 0.29) is 23.7 Å². The van der Waals surface area contributed by atoms with Crippen LogP contribution in [0.4, 0.5) is 5.69 Å². The molecule has 0 aromatic heterocycles. The number of benzene rings is 2. The van der Waals surface area contributed by atoms with Crippen LogP contribution in [0.1, 0.15) is 37.3 Å². The Balaban J connectivity index is 1.47. The van der Waals surface area contributed by atoms with Crippen LogP contribution < -0.4 is 10.6 Å². The maximum Gasteiger partial charge on any atom is 0.228 e. The average Bonchev–Trinajstić information content (AvgIpc) is 3.43. The summed E-state index contributed by atoms with van der Waals surface area (Å²) >= 11 is 5.97. The van der Waals surface area contributed by atoms with Crippen LogP contribution in [0.5, 0.6) is 0 Å². The van der Waals surface area contributed by atoms with Crippen molar-refractivity contribution in [1.82, 2.24) is 5.32 Å². The number of carbonyl (C=O) groups excluding carboxylic acids is 2. The van der Waals surface area contributed by atoms with Crippen LogP contribution in [0, 0.1) is 11.8 Å². The smallest absolute Gasteiger partial charge is 0.228 e. The maximum atomic E-state index is 12.5. The van der Waals surface area contributed by atoms with Crippen molar-refractivity contribution in [2.45, 2.75) is 32.6 Å². The molecule has 1 aliphatic carbocycles. The zero-order valence-electron chi connectivity index (χ0n) is 15.7. The third-order valence-corrected chi connectivity index (χ3v) is 5.14. The molecule has 1 aliphatic rings. The summed E-state index contributed by atoms with van der Waals surface area (Å²) in [6, 6.07) is 15.4. The van der Waals surface area contributed by atoms with Crippen molar-refractivity contribution in [2.75, 3.05) is 11.9 Å². The molecule has 27 heavy (non-hydrogen) atoms. The second-order valence-corrected chi connectivity index (χ2v) is 7.79. The van der Waals surface area contributed by atoms with Crippen molar-refractivity contribution in [1.29, 1.82) is 0 Å². The summed E-state index contributed by atoms with van der Waals surface area (Å²) in [5.74, 6) is -0.259. The van der Waals surface area contributed by atoms with E-state index in [0.717, 1.165) is 23.2 Å². The molecule has 2 amide bonds. The number of hydrogen-bond donors (Lipinski definition) is 2. The molecule has 0 bridgehead atoms. The van der Waals surface area contributed by atoms with Gasteiger partial charge in [0.15, 0.2) is 0 Å². The fraction of sp³-hybridized carbons (Fsp3) is 0.364. The fourth-order valence-corrected chi connectivity index (χ4v) is 3.48. The van der Waals surface area contributed by atoms with E-state index < -0.39 is 0 Å². The third-order valence-electron chi connectivity index (χ3n) is 4.91. The van der Waals surface area contributed by atoms with E-state index in [1.54, 1.807) is 0 Å². The lowest BCUT2D eigenvalue weighted by atomic mass is 10.0. The fourth-order valence-electron chi connectivity index (χ4n) is 3.27. The van der Waals surface area contributed by atoms with Crippen LogP contribution in [-0.2, 0) is 16.0 Å². The summed E-state index contributed by atoms with van der Waals surface area (Å²) in [6.07, 6.45) is 1.33. The highest BCUT2D eigenvalue weighted by Crippen LogP contribution is 2.40. The summed E-state index contributed by atoms with van der Waals surface area (Å²) in [4.78, 5) is 24.8. The van der Waals surface area contributed by atoms with Crippen molar-refractivity contribution >= 4 is 29.1 Å². The van der Waals surface area contributed by atoms with Gasteiger partial charge in [-0.05, 0) is 48.1 Å². The van der Waals surface area contributed by atoms with Crippen LogP contribution in [0.2, 0.25) is 5.02 Å². The van der Waals surface area contributed by atoms with Gasteiger partial charge in [-0.3, -0.25) is 9.59 Å². The molecule has 2 aromatic carbocycles. The molecule has 1 saturated carbocycles. The summed E-state index contributed by atoms with van der Waals surface area (Å²) in [7, 11) is 0. The van der Waals surface area contributed by atoms with Gasteiger partial charge in [-0.1, -0.05) is 55.8 Å². The molecule has 0 radical (unpaired) electrons. The first kappa shape index (κ1) is 19.4. The molecule has 0 aliphatic heterocycles. The summed E-state index contributed by atoms with van der Waals surface area (Å²) in [6.45, 7) is 4.73. The number of rotatable bonds is 7. The molecule has 5 heteroatoms. The second kappa shape index (κ2) is 8.57. The summed E-state index contributed by atoms with van der Waals surface area (Å²) in [5, 5.41) is 6.62. The minimum atomic E-state index is -0.239. The Kier molecular flexibility index (Phi) is 6.17. The largest absolute Gasteiger partial charge is 0.356 e. The first-order valence-corrected chi connectivity index (χ1v) is 9.75. The van der Waals surface area contributed by atoms with Gasteiger partial charge in [-0.15, -0.1) is 0 Å². The van der Waals surface area contributed by atoms with Crippen LogP contribution >= 0.6 is 11.6 Å². The number of halogens is 1. The van der Waals surface area contributed by atoms with E-state index in [2.05, 4.69) is 24.5 Å². The summed E-state index contributed by atoms with van der Waals surface area (Å²) < 4.78 is 0. The number of amides is 2. The molecule has 0 heterocycles. The molecule has 0 saturated heterocycles. The molecule has 2 N–H and O–H groups in total. The van der Waals surface area contributed by atoms with Crippen LogP contribution in [0.3, 0.4) is 0 Å². The van der Waals surface area contributed by atoms with Crippen molar-refractivity contribution in [2.24, 2.45) is 11.8 Å². The monoisotopic (exact) mass is 384 g/mol. The molecule has 1 fully saturated rings. The Labute approximate surface area is 165 Å². The van der Waals surface area contributed by atoms with Crippen LogP contribution in [-0.4, -0.2) is 18.4 Å². The van der Waals surface area contributed by atoms with E-state index in [4.69, 9.17) is 11.6 Å². The van der Waals surface area contributed by atoms with Gasteiger partial charge in [0.25, 0.3) is 0 Å². The highest BCUT2D eigenvalue weighted by Gasteiger charge is 2.47. The molecular weight excluding hydrogens is 360 g/mol. The van der Waals surface area contributed by atoms with Crippen LogP contribution in [0.15, 0.2) is 48.5 Å². The first-order valence-electron chi connectivity index (χ1n) is 9.37. The van der Waals surface area contributed by atoms with Crippen molar-refractivity contribution in [3.63, 3.8) is 0 Å². The van der Waals surface area contributed by atoms with E-state index in [9.17, 15) is 9.59 Å². The Hall–Kier alpha value is -2.33. The predicted octanol–water partition coefficient (Wildman–Crippen LogP) is 4.40. The van der Waals surface area contributed by atoms with Gasteiger partial charge >= 0.3 is 0 Å². The standard InChI is InChI=1S/C22H25ClN2O2/c1-14(2)17-8-3-4-9-20(17)25-22(27)19-13-18(19)21(26)24-11-10-15-6-5-7-16(23)12-15/h3-9,12,14,18-19H,10-11,13H2,1-2H3,(H,24,26)(H,25,27). The average molecular weight is 385 g/mol. The first-order chi connectivity index (χ1) is 13.0. The molecule has 142 valence electrons. The van der Waals surface area contributed by atoms with Crippen molar-refractivity contribution in [3.8, 4) is 0 Å². The summed E-state index contributed by atoms with van der Waals surface area (Å²) in [5.41, 5.74) is 3.02. The Morgan fingerprint density at radius 1 is 1.07 bits per heavy atom. The lowest BCUT2D eigenvalue weighted by Crippen LogP contribution is -2.29. The van der Waals surface area contributed by atoms with Gasteiger partial charge < -0.3 is 10.6 Å². The van der Waals surface area contributed by atoms with Crippen molar-refractivity contribution < 1.29 is 9.59 Å². The maximum absolute atomic E-state index is 12.5. The number of anilines is 1. The minimum absolute atomic E-state index is 0.0469. The van der Waals surface area contributed by atoms with Gasteiger partial charge in [-0.25, -0.2) is 0 Å². The van der Waals surface area contributed by atoms with Gasteiger partial charge in [0.05, 0.1) is 11.8 Å². The molecule has 4 nitrogen and oxygen atoms in total. The lowest BCUT2D eigenvalue weighted by molar-refractivity contribution is -0.125. The van der Waals surface area contributed by atoms with Crippen molar-refractivity contribution in [3.05, 3.63) is 64.7 Å². The SMILES string of the molecule is CC(C)c1ccccc1NC(=O)C1CC1C(=O)NCCc1cccc(Cl)c1. The van der Waals surface area contributed by atoms with Gasteiger partial charge in [0, 0.05) is 17.3 Å². The predicted molar refractivity (Wildman–Crippen MR) is 109 cm³/mol. The number of carbonyl (C=O) groups is 2. The Morgan fingerprint density at radius 3 is 2.56 bits per heavy atom. The number of hydrogen-bond acceptors (Lipinski definition) is 2. The number of para-hydroxylation sites is 1. The van der Waals surface area contributed by atoms with E-state index in [1.165, 1.54) is 0 Å². The molecule has 2 aromatic rings. The zero-order valence-corrected chi connectivity index (χ0v) is 16.4. The van der Waals surface area contributed by atoms with Gasteiger partial charge in [0.1, 0.15) is 0 Å². The van der Waals surface area contributed by atoms with Crippen LogP contribution in [0.25, 0.3) is 0 Å². The second-order valence-electron chi connectivity index (χ2n) is 7.35. The van der Waals surface area contributed by atoms with E-state index in [1.807, 2.05) is 48.5 Å². The Bertz CT molecular complexity index is 835. The van der Waals surface area contributed by atoms with E-state index >= 15 is 0 Å². The molecule has 2 atom stereocenters. The molecular formula is C22H25ClN2O2. The van der Waals surface area contributed by atoms with Gasteiger partial charge in [0.2, 0.25) is 11.8 Å². The Morgan fingerprint density at radius 2 is 1.81 bits per heavy atom. The molecule has 0 spiro atoms. The lowest BCUT2D eigenvalue weighted by Gasteiger charge is -2.13. The zero-order chi connectivity index (χ0) is 19.4. The number of nitrogens with one attached hydrogen (secondary N) is 2. The molecule has 2 unspecified atom stereocenters.